The van der Waals surface area contributed by atoms with Crippen molar-refractivity contribution < 1.29 is 22.8 Å². The summed E-state index contributed by atoms with van der Waals surface area (Å²) in [5.74, 6) is -0.968. The lowest BCUT2D eigenvalue weighted by atomic mass is 9.84. The number of hydrogen-bond acceptors (Lipinski definition) is 5. The number of benzene rings is 2. The minimum absolute atomic E-state index is 0.207. The van der Waals surface area contributed by atoms with Gasteiger partial charge in [0.2, 0.25) is 15.9 Å². The van der Waals surface area contributed by atoms with Crippen LogP contribution in [-0.2, 0) is 14.8 Å². The van der Waals surface area contributed by atoms with Gasteiger partial charge >= 0.3 is 0 Å². The number of fused-ring (bicyclic) bond motifs is 2. The Kier molecular flexibility index (Phi) is 4.84. The Morgan fingerprint density at radius 3 is 2.07 bits per heavy atom. The fraction of sp³-hybridized carbons (Fsp3) is 0.286. The van der Waals surface area contributed by atoms with E-state index in [-0.39, 0.29) is 29.0 Å². The number of carbonyl (C=O) groups is 3. The van der Waals surface area contributed by atoms with Gasteiger partial charge < -0.3 is 5.32 Å². The Labute approximate surface area is 168 Å². The molecule has 29 heavy (non-hydrogen) atoms. The highest BCUT2D eigenvalue weighted by Crippen LogP contribution is 2.29. The van der Waals surface area contributed by atoms with Crippen LogP contribution in [0.3, 0.4) is 0 Å². The summed E-state index contributed by atoms with van der Waals surface area (Å²) in [6, 6.07) is 11.4. The van der Waals surface area contributed by atoms with Crippen molar-refractivity contribution in [3.8, 4) is 0 Å². The molecule has 2 aromatic rings. The van der Waals surface area contributed by atoms with Crippen molar-refractivity contribution in [3.05, 3.63) is 64.7 Å². The van der Waals surface area contributed by atoms with Crippen LogP contribution in [0.15, 0.2) is 42.5 Å². The molecular weight excluding hydrogens is 392 g/mol. The molecular formula is C21H20N2O5S. The third-order valence-electron chi connectivity index (χ3n) is 5.49. The molecule has 2 aromatic carbocycles. The summed E-state index contributed by atoms with van der Waals surface area (Å²) in [6.45, 7) is 0.621. The Morgan fingerprint density at radius 2 is 1.48 bits per heavy atom. The molecule has 1 aliphatic carbocycles. The van der Waals surface area contributed by atoms with Crippen molar-refractivity contribution >= 4 is 33.2 Å². The van der Waals surface area contributed by atoms with E-state index in [4.69, 9.17) is 0 Å². The van der Waals surface area contributed by atoms with E-state index in [9.17, 15) is 22.8 Å². The molecule has 0 saturated carbocycles. The molecule has 2 aliphatic rings. The minimum atomic E-state index is -3.25. The first-order valence-electron chi connectivity index (χ1n) is 9.34. The third kappa shape index (κ3) is 3.61. The van der Waals surface area contributed by atoms with E-state index in [1.807, 2.05) is 0 Å². The van der Waals surface area contributed by atoms with Gasteiger partial charge in [0.25, 0.3) is 0 Å². The first-order chi connectivity index (χ1) is 13.8. The molecule has 1 fully saturated rings. The molecule has 150 valence electrons. The quantitative estimate of drug-likeness (QED) is 0.710. The zero-order chi connectivity index (χ0) is 20.8. The van der Waals surface area contributed by atoms with Crippen molar-refractivity contribution in [3.63, 3.8) is 0 Å². The number of nitrogens with zero attached hydrogens (tertiary/aromatic N) is 1. The average molecular weight is 412 g/mol. The zero-order valence-corrected chi connectivity index (χ0v) is 16.7. The summed E-state index contributed by atoms with van der Waals surface area (Å²) >= 11 is 0. The van der Waals surface area contributed by atoms with Crippen molar-refractivity contribution in [2.75, 3.05) is 24.7 Å². The Bertz CT molecular complexity index is 1130. The molecule has 0 aromatic heterocycles. The Morgan fingerprint density at radius 1 is 0.931 bits per heavy atom. The number of sulfonamides is 1. The van der Waals surface area contributed by atoms with Crippen molar-refractivity contribution in [1.82, 2.24) is 4.31 Å². The normalized spacial score (nSPS) is 17.6. The van der Waals surface area contributed by atoms with Crippen LogP contribution in [0.4, 0.5) is 5.69 Å². The summed E-state index contributed by atoms with van der Waals surface area (Å²) in [6.07, 6.45) is 2.04. The maximum absolute atomic E-state index is 12.8. The standard InChI is InChI=1S/C21H20N2O5S/c1-29(27,28)23-10-8-13(9-11-23)21(26)22-14-6-7-17-18(12-14)20(25)16-5-3-2-4-15(16)19(17)24/h2-7,12-13H,8-11H2,1H3,(H,22,26). The number of anilines is 1. The van der Waals surface area contributed by atoms with E-state index in [0.717, 1.165) is 6.26 Å². The first-order valence-corrected chi connectivity index (χ1v) is 11.2. The number of rotatable bonds is 3. The summed E-state index contributed by atoms with van der Waals surface area (Å²) in [7, 11) is -3.25. The largest absolute Gasteiger partial charge is 0.326 e. The summed E-state index contributed by atoms with van der Waals surface area (Å²) < 4.78 is 24.6. The lowest BCUT2D eigenvalue weighted by Crippen LogP contribution is -2.40. The van der Waals surface area contributed by atoms with Crippen LogP contribution in [0.5, 0.6) is 0 Å². The Balaban J connectivity index is 1.51. The van der Waals surface area contributed by atoms with Gasteiger partial charge in [0.15, 0.2) is 11.6 Å². The van der Waals surface area contributed by atoms with Crippen LogP contribution in [0.2, 0.25) is 0 Å². The van der Waals surface area contributed by atoms with E-state index in [1.165, 1.54) is 10.4 Å². The Hall–Kier alpha value is -2.84. The monoisotopic (exact) mass is 412 g/mol. The highest BCUT2D eigenvalue weighted by atomic mass is 32.2. The molecule has 0 atom stereocenters. The molecule has 8 heteroatoms. The minimum Gasteiger partial charge on any atom is -0.326 e. The molecule has 0 spiro atoms. The molecule has 0 bridgehead atoms. The molecule has 7 nitrogen and oxygen atoms in total. The van der Waals surface area contributed by atoms with Gasteiger partial charge in [0.1, 0.15) is 0 Å². The predicted molar refractivity (Wildman–Crippen MR) is 108 cm³/mol. The second kappa shape index (κ2) is 7.20. The fourth-order valence-electron chi connectivity index (χ4n) is 3.87. The lowest BCUT2D eigenvalue weighted by molar-refractivity contribution is -0.120. The van der Waals surface area contributed by atoms with Gasteiger partial charge in [0, 0.05) is 46.9 Å². The van der Waals surface area contributed by atoms with Crippen LogP contribution in [0.1, 0.15) is 44.7 Å². The number of ketones is 2. The topological polar surface area (TPSA) is 101 Å². The number of hydrogen-bond donors (Lipinski definition) is 1. The van der Waals surface area contributed by atoms with Crippen LogP contribution in [-0.4, -0.2) is 49.5 Å². The number of piperidine rings is 1. The van der Waals surface area contributed by atoms with Crippen LogP contribution < -0.4 is 5.32 Å². The molecule has 1 heterocycles. The smallest absolute Gasteiger partial charge is 0.227 e. The highest BCUT2D eigenvalue weighted by Gasteiger charge is 2.31. The van der Waals surface area contributed by atoms with Gasteiger partial charge in [-0.1, -0.05) is 24.3 Å². The molecule has 1 N–H and O–H groups in total. The van der Waals surface area contributed by atoms with Crippen molar-refractivity contribution in [2.24, 2.45) is 5.92 Å². The van der Waals surface area contributed by atoms with Gasteiger partial charge in [-0.25, -0.2) is 12.7 Å². The third-order valence-corrected chi connectivity index (χ3v) is 6.79. The second-order valence-electron chi connectivity index (χ2n) is 7.39. The van der Waals surface area contributed by atoms with Gasteiger partial charge in [-0.05, 0) is 31.0 Å². The summed E-state index contributed by atoms with van der Waals surface area (Å²) in [5, 5.41) is 2.80. The van der Waals surface area contributed by atoms with E-state index < -0.39 is 10.0 Å². The maximum Gasteiger partial charge on any atom is 0.227 e. The van der Waals surface area contributed by atoms with Crippen molar-refractivity contribution in [2.45, 2.75) is 12.8 Å². The predicted octanol–water partition coefficient (Wildman–Crippen LogP) is 2.07. The summed E-state index contributed by atoms with van der Waals surface area (Å²) in [5.41, 5.74) is 1.80. The molecule has 0 unspecified atom stereocenters. The van der Waals surface area contributed by atoms with Crippen LogP contribution in [0, 0.1) is 5.92 Å². The van der Waals surface area contributed by atoms with Crippen LogP contribution >= 0.6 is 0 Å². The maximum atomic E-state index is 12.8. The average Bonchev–Trinajstić information content (AvgIpc) is 2.71. The fourth-order valence-corrected chi connectivity index (χ4v) is 4.75. The van der Waals surface area contributed by atoms with E-state index in [2.05, 4.69) is 5.32 Å². The highest BCUT2D eigenvalue weighted by molar-refractivity contribution is 7.88. The van der Waals surface area contributed by atoms with Gasteiger partial charge in [-0.15, -0.1) is 0 Å². The van der Waals surface area contributed by atoms with Gasteiger partial charge in [-0.2, -0.15) is 0 Å². The SMILES string of the molecule is CS(=O)(=O)N1CCC(C(=O)Nc2ccc3c(c2)C(=O)c2ccccc2C3=O)CC1. The van der Waals surface area contributed by atoms with E-state index in [0.29, 0.717) is 48.3 Å². The molecule has 1 amide bonds. The molecule has 1 saturated heterocycles. The van der Waals surface area contributed by atoms with Gasteiger partial charge in [0.05, 0.1) is 6.26 Å². The first kappa shape index (κ1) is 19.5. The number of carbonyl (C=O) groups excluding carboxylic acids is 3. The summed E-state index contributed by atoms with van der Waals surface area (Å²) in [4.78, 5) is 38.1. The molecule has 1 aliphatic heterocycles. The van der Waals surface area contributed by atoms with E-state index in [1.54, 1.807) is 36.4 Å². The van der Waals surface area contributed by atoms with Crippen molar-refractivity contribution in [1.29, 1.82) is 0 Å². The number of amides is 1. The second-order valence-corrected chi connectivity index (χ2v) is 9.37. The van der Waals surface area contributed by atoms with E-state index >= 15 is 0 Å². The zero-order valence-electron chi connectivity index (χ0n) is 15.8. The number of nitrogens with one attached hydrogen (secondary N) is 1. The van der Waals surface area contributed by atoms with Crippen LogP contribution in [0.25, 0.3) is 0 Å². The molecule has 4 rings (SSSR count). The lowest BCUT2D eigenvalue weighted by Gasteiger charge is -2.29. The molecule has 0 radical (unpaired) electrons. The van der Waals surface area contributed by atoms with Gasteiger partial charge in [-0.3, -0.25) is 14.4 Å².